The molecule has 6 nitrogen and oxygen atoms in total. The van der Waals surface area contributed by atoms with Gasteiger partial charge < -0.3 is 20.2 Å². The van der Waals surface area contributed by atoms with Crippen molar-refractivity contribution in [2.24, 2.45) is 5.92 Å². The van der Waals surface area contributed by atoms with Crippen molar-refractivity contribution >= 4 is 11.8 Å². The molecule has 0 bridgehead atoms. The molecule has 1 aliphatic carbocycles. The topological polar surface area (TPSA) is 68.7 Å². The van der Waals surface area contributed by atoms with Crippen LogP contribution in [0, 0.1) is 5.92 Å². The number of amides is 2. The highest BCUT2D eigenvalue weighted by Crippen LogP contribution is 2.25. The summed E-state index contributed by atoms with van der Waals surface area (Å²) in [5, 5.41) is 13.2. The van der Waals surface area contributed by atoms with E-state index in [4.69, 9.17) is 0 Å². The van der Waals surface area contributed by atoms with Crippen molar-refractivity contribution in [2.45, 2.75) is 44.2 Å². The highest BCUT2D eigenvalue weighted by atomic mass is 16.3. The maximum Gasteiger partial charge on any atom is 0.317 e. The van der Waals surface area contributed by atoms with E-state index in [-0.39, 0.29) is 24.1 Å². The fourth-order valence-corrected chi connectivity index (χ4v) is 3.75. The lowest BCUT2D eigenvalue weighted by Crippen LogP contribution is -2.47. The van der Waals surface area contributed by atoms with Crippen molar-refractivity contribution in [3.05, 3.63) is 24.4 Å². The Morgan fingerprint density at radius 2 is 2.21 bits per heavy atom. The molecule has 1 aromatic rings. The van der Waals surface area contributed by atoms with Gasteiger partial charge in [-0.05, 0) is 31.4 Å². The lowest BCUT2D eigenvalue weighted by molar-refractivity contribution is 0.0563. The number of carbonyl (C=O) groups excluding carboxylic acids is 1. The summed E-state index contributed by atoms with van der Waals surface area (Å²) in [4.78, 5) is 20.7. The van der Waals surface area contributed by atoms with E-state index in [1.54, 1.807) is 11.1 Å². The molecular formula is C18H28N4O2. The molecule has 0 aromatic carbocycles. The van der Waals surface area contributed by atoms with Crippen molar-refractivity contribution in [3.63, 3.8) is 0 Å². The van der Waals surface area contributed by atoms with Crippen LogP contribution in [0.5, 0.6) is 0 Å². The molecule has 24 heavy (non-hydrogen) atoms. The van der Waals surface area contributed by atoms with E-state index < -0.39 is 0 Å². The van der Waals surface area contributed by atoms with Gasteiger partial charge in [0.05, 0.1) is 6.10 Å². The molecule has 0 radical (unpaired) electrons. The van der Waals surface area contributed by atoms with Crippen LogP contribution in [0.4, 0.5) is 10.6 Å². The maximum atomic E-state index is 12.4. The van der Waals surface area contributed by atoms with Crippen molar-refractivity contribution < 1.29 is 9.90 Å². The number of aliphatic hydroxyl groups is 1. The number of nitrogens with one attached hydrogen (secondary N) is 1. The number of hydrogen-bond donors (Lipinski definition) is 2. The molecule has 1 aromatic heterocycles. The van der Waals surface area contributed by atoms with Gasteiger partial charge in [0.15, 0.2) is 0 Å². The summed E-state index contributed by atoms with van der Waals surface area (Å²) in [6, 6.07) is 6.00. The second-order valence-corrected chi connectivity index (χ2v) is 7.06. The number of rotatable bonds is 4. The first kappa shape index (κ1) is 17.0. The predicted octanol–water partition coefficient (Wildman–Crippen LogP) is 1.85. The Bertz CT molecular complexity index is 539. The van der Waals surface area contributed by atoms with Crippen LogP contribution < -0.4 is 10.2 Å². The Morgan fingerprint density at radius 3 is 2.96 bits per heavy atom. The monoisotopic (exact) mass is 332 g/mol. The van der Waals surface area contributed by atoms with Crippen LogP contribution in [0.25, 0.3) is 0 Å². The number of carbonyl (C=O) groups is 1. The third-order valence-corrected chi connectivity index (χ3v) is 5.21. The summed E-state index contributed by atoms with van der Waals surface area (Å²) in [5.41, 5.74) is 0. The van der Waals surface area contributed by atoms with Crippen LogP contribution in [-0.4, -0.2) is 59.8 Å². The van der Waals surface area contributed by atoms with Crippen LogP contribution in [0.3, 0.4) is 0 Å². The van der Waals surface area contributed by atoms with Crippen molar-refractivity contribution in [1.82, 2.24) is 15.2 Å². The standard InChI is InChI=1S/C18H28N4O2/c1-21(12-14-6-2-3-7-16(14)23)18(24)20-15-9-11-22(13-15)17-8-4-5-10-19-17/h4-5,8,10,14-16,23H,2-3,6-7,9,11-13H2,1H3,(H,20,24). The van der Waals surface area contributed by atoms with Crippen LogP contribution in [0.15, 0.2) is 24.4 Å². The maximum absolute atomic E-state index is 12.4. The Balaban J connectivity index is 1.46. The SMILES string of the molecule is CN(CC1CCCCC1O)C(=O)NC1CCN(c2ccccn2)C1. The Hall–Kier alpha value is -1.82. The molecule has 2 amide bonds. The largest absolute Gasteiger partial charge is 0.393 e. The minimum Gasteiger partial charge on any atom is -0.393 e. The van der Waals surface area contributed by atoms with E-state index in [0.29, 0.717) is 6.54 Å². The average molecular weight is 332 g/mol. The van der Waals surface area contributed by atoms with Gasteiger partial charge >= 0.3 is 6.03 Å². The first-order valence-corrected chi connectivity index (χ1v) is 8.99. The Labute approximate surface area is 143 Å². The highest BCUT2D eigenvalue weighted by molar-refractivity contribution is 5.74. The molecule has 2 heterocycles. The second-order valence-electron chi connectivity index (χ2n) is 7.06. The normalized spacial score (nSPS) is 27.1. The number of anilines is 1. The van der Waals surface area contributed by atoms with E-state index in [2.05, 4.69) is 15.2 Å². The molecule has 3 unspecified atom stereocenters. The quantitative estimate of drug-likeness (QED) is 0.883. The van der Waals surface area contributed by atoms with Crippen LogP contribution >= 0.6 is 0 Å². The molecule has 1 aliphatic heterocycles. The third kappa shape index (κ3) is 4.17. The second kappa shape index (κ2) is 7.83. The van der Waals surface area contributed by atoms with Gasteiger partial charge in [0.2, 0.25) is 0 Å². The number of aromatic nitrogens is 1. The van der Waals surface area contributed by atoms with Gasteiger partial charge in [-0.25, -0.2) is 9.78 Å². The van der Waals surface area contributed by atoms with E-state index in [9.17, 15) is 9.90 Å². The van der Waals surface area contributed by atoms with Crippen LogP contribution in [0.2, 0.25) is 0 Å². The summed E-state index contributed by atoms with van der Waals surface area (Å²) >= 11 is 0. The zero-order valence-electron chi connectivity index (χ0n) is 14.4. The van der Waals surface area contributed by atoms with Gasteiger partial charge in [-0.3, -0.25) is 0 Å². The molecule has 132 valence electrons. The summed E-state index contributed by atoms with van der Waals surface area (Å²) in [6.45, 7) is 2.33. The molecule has 2 N–H and O–H groups in total. The van der Waals surface area contributed by atoms with Gasteiger partial charge in [-0.1, -0.05) is 18.9 Å². The number of aliphatic hydroxyl groups excluding tert-OH is 1. The van der Waals surface area contributed by atoms with Crippen molar-refractivity contribution in [1.29, 1.82) is 0 Å². The lowest BCUT2D eigenvalue weighted by Gasteiger charge is -2.31. The minimum atomic E-state index is -0.264. The molecule has 3 atom stereocenters. The molecule has 1 saturated carbocycles. The van der Waals surface area contributed by atoms with Gasteiger partial charge in [-0.2, -0.15) is 0 Å². The van der Waals surface area contributed by atoms with Gasteiger partial charge in [0.1, 0.15) is 5.82 Å². The molecule has 6 heteroatoms. The van der Waals surface area contributed by atoms with Gasteiger partial charge in [0, 0.05) is 44.8 Å². The highest BCUT2D eigenvalue weighted by Gasteiger charge is 2.28. The fraction of sp³-hybridized carbons (Fsp3) is 0.667. The molecule has 2 aliphatic rings. The van der Waals surface area contributed by atoms with E-state index in [1.807, 2.05) is 25.2 Å². The molecule has 2 fully saturated rings. The van der Waals surface area contributed by atoms with E-state index in [1.165, 1.54) is 0 Å². The summed E-state index contributed by atoms with van der Waals surface area (Å²) < 4.78 is 0. The first-order chi connectivity index (χ1) is 11.6. The Morgan fingerprint density at radius 1 is 1.38 bits per heavy atom. The number of pyridine rings is 1. The van der Waals surface area contributed by atoms with Crippen LogP contribution in [-0.2, 0) is 0 Å². The number of nitrogens with zero attached hydrogens (tertiary/aromatic N) is 3. The third-order valence-electron chi connectivity index (χ3n) is 5.21. The zero-order chi connectivity index (χ0) is 16.9. The summed E-state index contributed by atoms with van der Waals surface area (Å²) in [5.74, 6) is 1.18. The lowest BCUT2D eigenvalue weighted by atomic mass is 9.86. The summed E-state index contributed by atoms with van der Waals surface area (Å²) in [6.07, 6.45) is 6.59. The van der Waals surface area contributed by atoms with E-state index in [0.717, 1.165) is 51.0 Å². The van der Waals surface area contributed by atoms with Gasteiger partial charge in [0.25, 0.3) is 0 Å². The van der Waals surface area contributed by atoms with Gasteiger partial charge in [-0.15, -0.1) is 0 Å². The van der Waals surface area contributed by atoms with Crippen molar-refractivity contribution in [2.75, 3.05) is 31.6 Å². The number of urea groups is 1. The van der Waals surface area contributed by atoms with Crippen LogP contribution in [0.1, 0.15) is 32.1 Å². The van der Waals surface area contributed by atoms with E-state index >= 15 is 0 Å². The zero-order valence-corrected chi connectivity index (χ0v) is 14.4. The molecule has 0 spiro atoms. The first-order valence-electron chi connectivity index (χ1n) is 8.99. The molecule has 1 saturated heterocycles. The minimum absolute atomic E-state index is 0.0411. The predicted molar refractivity (Wildman–Crippen MR) is 94.0 cm³/mol. The Kier molecular flexibility index (Phi) is 5.56. The average Bonchev–Trinajstić information content (AvgIpc) is 3.06. The smallest absolute Gasteiger partial charge is 0.317 e. The summed E-state index contributed by atoms with van der Waals surface area (Å²) in [7, 11) is 1.82. The fourth-order valence-electron chi connectivity index (χ4n) is 3.75. The molecular weight excluding hydrogens is 304 g/mol. The number of hydrogen-bond acceptors (Lipinski definition) is 4. The van der Waals surface area contributed by atoms with Crippen molar-refractivity contribution in [3.8, 4) is 0 Å². The molecule has 3 rings (SSSR count).